The van der Waals surface area contributed by atoms with Crippen LogP contribution in [0.2, 0.25) is 5.02 Å². The van der Waals surface area contributed by atoms with Crippen molar-refractivity contribution >= 4 is 23.4 Å². The number of nitrogens with one attached hydrogen (secondary N) is 1. The third-order valence-electron chi connectivity index (χ3n) is 4.88. The van der Waals surface area contributed by atoms with Crippen molar-refractivity contribution < 1.29 is 0 Å². The maximum atomic E-state index is 6.31. The van der Waals surface area contributed by atoms with Crippen molar-refractivity contribution in [2.45, 2.75) is 52.9 Å². The first-order valence-electron chi connectivity index (χ1n) is 8.15. The van der Waals surface area contributed by atoms with Gasteiger partial charge in [0, 0.05) is 19.6 Å². The molecule has 1 N–H and O–H groups in total. The highest BCUT2D eigenvalue weighted by Gasteiger charge is 2.32. The van der Waals surface area contributed by atoms with E-state index in [0.29, 0.717) is 16.4 Å². The Kier molecular flexibility index (Phi) is 5.68. The van der Waals surface area contributed by atoms with Crippen molar-refractivity contribution in [3.05, 3.63) is 11.2 Å². The number of piperidine rings is 1. The molecule has 5 heteroatoms. The highest BCUT2D eigenvalue weighted by atomic mass is 35.5. The quantitative estimate of drug-likeness (QED) is 0.847. The zero-order valence-corrected chi connectivity index (χ0v) is 14.2. The van der Waals surface area contributed by atoms with Gasteiger partial charge >= 0.3 is 0 Å². The highest BCUT2D eigenvalue weighted by molar-refractivity contribution is 6.32. The molecular formula is C16H27ClN4. The number of nitrogens with zero attached hydrogens (tertiary/aromatic N) is 3. The Morgan fingerprint density at radius 1 is 1.24 bits per heavy atom. The lowest BCUT2D eigenvalue weighted by atomic mass is 9.74. The van der Waals surface area contributed by atoms with Gasteiger partial charge in [-0.15, -0.1) is 0 Å². The standard InChI is InChI=1S/C16H27ClN4/c1-4-9-18-15-19-12-13(17)14(20-15)21-10-7-16(5-2,6-3)8-11-21/h12H,4-11H2,1-3H3,(H,18,19,20). The predicted octanol–water partition coefficient (Wildman–Crippen LogP) is 4.36. The summed E-state index contributed by atoms with van der Waals surface area (Å²) in [5.74, 6) is 1.56. The molecule has 0 bridgehead atoms. The lowest BCUT2D eigenvalue weighted by Gasteiger charge is -2.41. The van der Waals surface area contributed by atoms with Crippen molar-refractivity contribution in [2.75, 3.05) is 29.9 Å². The molecule has 0 atom stereocenters. The molecule has 4 nitrogen and oxygen atoms in total. The fourth-order valence-corrected chi connectivity index (χ4v) is 3.26. The van der Waals surface area contributed by atoms with Gasteiger partial charge in [0.15, 0.2) is 5.82 Å². The van der Waals surface area contributed by atoms with E-state index < -0.39 is 0 Å². The Labute approximate surface area is 133 Å². The van der Waals surface area contributed by atoms with Crippen molar-refractivity contribution in [1.82, 2.24) is 9.97 Å². The summed E-state index contributed by atoms with van der Waals surface area (Å²) in [4.78, 5) is 11.2. The average molecular weight is 311 g/mol. The van der Waals surface area contributed by atoms with Crippen LogP contribution < -0.4 is 10.2 Å². The molecule has 21 heavy (non-hydrogen) atoms. The number of aromatic nitrogens is 2. The minimum absolute atomic E-state index is 0.513. The molecular weight excluding hydrogens is 284 g/mol. The fraction of sp³-hybridized carbons (Fsp3) is 0.750. The van der Waals surface area contributed by atoms with E-state index in [1.54, 1.807) is 6.20 Å². The molecule has 1 aliphatic rings. The Bertz CT molecular complexity index is 450. The van der Waals surface area contributed by atoms with E-state index in [1.807, 2.05) is 0 Å². The summed E-state index contributed by atoms with van der Waals surface area (Å²) in [6, 6.07) is 0. The average Bonchev–Trinajstić information content (AvgIpc) is 2.54. The summed E-state index contributed by atoms with van der Waals surface area (Å²) >= 11 is 6.31. The Balaban J connectivity index is 2.08. The van der Waals surface area contributed by atoms with Gasteiger partial charge in [-0.3, -0.25) is 0 Å². The van der Waals surface area contributed by atoms with Crippen molar-refractivity contribution in [2.24, 2.45) is 5.41 Å². The first kappa shape index (κ1) is 16.3. The molecule has 1 fully saturated rings. The largest absolute Gasteiger partial charge is 0.355 e. The lowest BCUT2D eigenvalue weighted by molar-refractivity contribution is 0.199. The van der Waals surface area contributed by atoms with Crippen LogP contribution in [0.5, 0.6) is 0 Å². The zero-order valence-electron chi connectivity index (χ0n) is 13.5. The first-order chi connectivity index (χ1) is 10.1. The maximum Gasteiger partial charge on any atom is 0.224 e. The predicted molar refractivity (Wildman–Crippen MR) is 90.3 cm³/mol. The molecule has 118 valence electrons. The second kappa shape index (κ2) is 7.30. The summed E-state index contributed by atoms with van der Waals surface area (Å²) in [6.07, 6.45) is 7.73. The molecule has 2 rings (SSSR count). The van der Waals surface area contributed by atoms with E-state index >= 15 is 0 Å². The van der Waals surface area contributed by atoms with Gasteiger partial charge in [0.25, 0.3) is 0 Å². The van der Waals surface area contributed by atoms with Crippen LogP contribution in [-0.2, 0) is 0 Å². The fourth-order valence-electron chi connectivity index (χ4n) is 3.05. The van der Waals surface area contributed by atoms with E-state index in [0.717, 1.165) is 31.9 Å². The summed E-state index contributed by atoms with van der Waals surface area (Å²) in [5.41, 5.74) is 0.513. The number of hydrogen-bond donors (Lipinski definition) is 1. The normalized spacial score (nSPS) is 17.8. The molecule has 0 saturated carbocycles. The molecule has 0 aromatic carbocycles. The number of halogens is 1. The molecule has 1 saturated heterocycles. The topological polar surface area (TPSA) is 41.1 Å². The van der Waals surface area contributed by atoms with Crippen LogP contribution in [-0.4, -0.2) is 29.6 Å². The van der Waals surface area contributed by atoms with Crippen molar-refractivity contribution in [3.63, 3.8) is 0 Å². The summed E-state index contributed by atoms with van der Waals surface area (Å²) < 4.78 is 0. The van der Waals surface area contributed by atoms with Crippen LogP contribution in [0.4, 0.5) is 11.8 Å². The van der Waals surface area contributed by atoms with E-state index in [2.05, 4.69) is 41.0 Å². The Morgan fingerprint density at radius 3 is 2.48 bits per heavy atom. The van der Waals surface area contributed by atoms with Gasteiger partial charge in [-0.25, -0.2) is 4.98 Å². The van der Waals surface area contributed by atoms with Gasteiger partial charge < -0.3 is 10.2 Å². The van der Waals surface area contributed by atoms with E-state index in [4.69, 9.17) is 11.6 Å². The second-order valence-corrected chi connectivity index (χ2v) is 6.39. The second-order valence-electron chi connectivity index (χ2n) is 5.99. The van der Waals surface area contributed by atoms with Crippen molar-refractivity contribution in [1.29, 1.82) is 0 Å². The molecule has 2 heterocycles. The number of anilines is 2. The van der Waals surface area contributed by atoms with Gasteiger partial charge in [-0.05, 0) is 24.7 Å². The van der Waals surface area contributed by atoms with Crippen LogP contribution in [0.25, 0.3) is 0 Å². The lowest BCUT2D eigenvalue weighted by Crippen LogP contribution is -2.40. The number of hydrogen-bond acceptors (Lipinski definition) is 4. The highest BCUT2D eigenvalue weighted by Crippen LogP contribution is 2.39. The van der Waals surface area contributed by atoms with Gasteiger partial charge in [-0.2, -0.15) is 4.98 Å². The maximum absolute atomic E-state index is 6.31. The third kappa shape index (κ3) is 3.79. The van der Waals surface area contributed by atoms with Crippen molar-refractivity contribution in [3.8, 4) is 0 Å². The molecule has 1 aromatic heterocycles. The van der Waals surface area contributed by atoms with Gasteiger partial charge in [-0.1, -0.05) is 45.2 Å². The third-order valence-corrected chi connectivity index (χ3v) is 5.15. The summed E-state index contributed by atoms with van der Waals surface area (Å²) in [5, 5.41) is 3.88. The Morgan fingerprint density at radius 2 is 1.90 bits per heavy atom. The minimum Gasteiger partial charge on any atom is -0.355 e. The summed E-state index contributed by atoms with van der Waals surface area (Å²) in [7, 11) is 0. The van der Waals surface area contributed by atoms with Gasteiger partial charge in [0.1, 0.15) is 5.02 Å². The van der Waals surface area contributed by atoms with Crippen LogP contribution in [0, 0.1) is 5.41 Å². The molecule has 0 amide bonds. The van der Waals surface area contributed by atoms with Gasteiger partial charge in [0.05, 0.1) is 6.20 Å². The van der Waals surface area contributed by atoms with Gasteiger partial charge in [0.2, 0.25) is 5.95 Å². The van der Waals surface area contributed by atoms with E-state index in [1.165, 1.54) is 25.7 Å². The summed E-state index contributed by atoms with van der Waals surface area (Å²) in [6.45, 7) is 9.70. The smallest absolute Gasteiger partial charge is 0.224 e. The monoisotopic (exact) mass is 310 g/mol. The molecule has 0 unspecified atom stereocenters. The van der Waals surface area contributed by atoms with Crippen LogP contribution in [0.3, 0.4) is 0 Å². The molecule has 1 aromatic rings. The molecule has 0 radical (unpaired) electrons. The zero-order chi connectivity index (χ0) is 15.3. The van der Waals surface area contributed by atoms with E-state index in [-0.39, 0.29) is 0 Å². The Hall–Kier alpha value is -1.03. The van der Waals surface area contributed by atoms with Crippen LogP contribution in [0.1, 0.15) is 52.9 Å². The minimum atomic E-state index is 0.513. The molecule has 1 aliphatic heterocycles. The van der Waals surface area contributed by atoms with Crippen LogP contribution in [0.15, 0.2) is 6.20 Å². The molecule has 0 aliphatic carbocycles. The van der Waals surface area contributed by atoms with Crippen LogP contribution >= 0.6 is 11.6 Å². The first-order valence-corrected chi connectivity index (χ1v) is 8.53. The SMILES string of the molecule is CCCNc1ncc(Cl)c(N2CCC(CC)(CC)CC2)n1. The number of rotatable bonds is 6. The van der Waals surface area contributed by atoms with E-state index in [9.17, 15) is 0 Å². The molecule has 0 spiro atoms.